The summed E-state index contributed by atoms with van der Waals surface area (Å²) in [7, 11) is -1.49. The van der Waals surface area contributed by atoms with Crippen molar-refractivity contribution in [1.82, 2.24) is 19.8 Å². The van der Waals surface area contributed by atoms with Crippen LogP contribution in [0.3, 0.4) is 0 Å². The van der Waals surface area contributed by atoms with Gasteiger partial charge in [0.2, 0.25) is 15.9 Å². The first kappa shape index (κ1) is 19.7. The van der Waals surface area contributed by atoms with E-state index in [1.165, 1.54) is 0 Å². The van der Waals surface area contributed by atoms with Crippen LogP contribution in [0.1, 0.15) is 13.8 Å². The molecule has 1 rings (SSSR count). The molecule has 0 unspecified atom stereocenters. The normalized spacial score (nSPS) is 18.1. The highest BCUT2D eigenvalue weighted by molar-refractivity contribution is 7.88. The lowest BCUT2D eigenvalue weighted by atomic mass is 10.0. The number of aliphatic imine (C=N–C) groups is 1. The molecule has 1 fully saturated rings. The van der Waals surface area contributed by atoms with Gasteiger partial charge in [-0.15, -0.1) is 0 Å². The first-order chi connectivity index (χ1) is 10.6. The summed E-state index contributed by atoms with van der Waals surface area (Å²) in [5.41, 5.74) is 4.79. The minimum absolute atomic E-state index is 0.298. The number of nitrogens with zero attached hydrogens (tertiary/aromatic N) is 3. The number of guanidine groups is 1. The van der Waals surface area contributed by atoms with Crippen molar-refractivity contribution in [3.63, 3.8) is 0 Å². The molecule has 1 amide bonds. The van der Waals surface area contributed by atoms with Crippen molar-refractivity contribution in [1.29, 1.82) is 0 Å². The number of hydrogen-bond donors (Lipinski definition) is 3. The zero-order valence-corrected chi connectivity index (χ0v) is 15.1. The highest BCUT2D eigenvalue weighted by atomic mass is 32.2. The van der Waals surface area contributed by atoms with Crippen LogP contribution in [0.25, 0.3) is 0 Å². The summed E-state index contributed by atoms with van der Waals surface area (Å²) >= 11 is 0. The molecule has 0 bridgehead atoms. The van der Waals surface area contributed by atoms with Crippen LogP contribution in [0.2, 0.25) is 0 Å². The molecule has 23 heavy (non-hydrogen) atoms. The molecule has 9 nitrogen and oxygen atoms in total. The van der Waals surface area contributed by atoms with E-state index in [1.807, 2.05) is 13.8 Å². The van der Waals surface area contributed by atoms with Crippen molar-refractivity contribution >= 4 is 21.9 Å². The van der Waals surface area contributed by atoms with Gasteiger partial charge in [-0.05, 0) is 13.8 Å². The van der Waals surface area contributed by atoms with Gasteiger partial charge in [0.15, 0.2) is 5.96 Å². The van der Waals surface area contributed by atoms with Crippen molar-refractivity contribution in [2.75, 3.05) is 52.6 Å². The fourth-order valence-electron chi connectivity index (χ4n) is 2.38. The molecule has 0 saturated carbocycles. The number of primary amides is 1. The fraction of sp³-hybridized carbons (Fsp3) is 0.846. The van der Waals surface area contributed by atoms with E-state index in [1.54, 1.807) is 7.05 Å². The van der Waals surface area contributed by atoms with E-state index in [0.29, 0.717) is 26.2 Å². The van der Waals surface area contributed by atoms with Crippen LogP contribution in [0.15, 0.2) is 4.99 Å². The average molecular weight is 348 g/mol. The van der Waals surface area contributed by atoms with Crippen molar-refractivity contribution in [2.45, 2.75) is 19.4 Å². The van der Waals surface area contributed by atoms with Crippen molar-refractivity contribution < 1.29 is 13.2 Å². The first-order valence-corrected chi connectivity index (χ1v) is 9.42. The minimum Gasteiger partial charge on any atom is -0.368 e. The Morgan fingerprint density at radius 1 is 1.22 bits per heavy atom. The lowest BCUT2D eigenvalue weighted by molar-refractivity contribution is -0.129. The smallest absolute Gasteiger partial charge is 0.237 e. The second kappa shape index (κ2) is 7.93. The summed E-state index contributed by atoms with van der Waals surface area (Å²) in [5.74, 6) is 0.386. The molecule has 0 aromatic rings. The summed E-state index contributed by atoms with van der Waals surface area (Å²) in [4.78, 5) is 19.9. The monoisotopic (exact) mass is 348 g/mol. The number of piperazine rings is 1. The SMILES string of the molecule is CN=C(NCCNS(C)(=O)=O)N1CCN(C(C)(C)C(N)=O)CC1. The summed E-state index contributed by atoms with van der Waals surface area (Å²) in [6.07, 6.45) is 1.13. The van der Waals surface area contributed by atoms with Crippen molar-refractivity contribution in [3.8, 4) is 0 Å². The maximum atomic E-state index is 11.5. The van der Waals surface area contributed by atoms with Gasteiger partial charge in [-0.3, -0.25) is 14.7 Å². The van der Waals surface area contributed by atoms with E-state index in [4.69, 9.17) is 5.73 Å². The van der Waals surface area contributed by atoms with E-state index in [9.17, 15) is 13.2 Å². The Bertz CT molecular complexity index is 538. The number of rotatable bonds is 6. The molecule has 10 heteroatoms. The quantitative estimate of drug-likeness (QED) is 0.290. The molecule has 1 saturated heterocycles. The number of nitrogens with two attached hydrogens (primary N) is 1. The molecule has 4 N–H and O–H groups in total. The molecule has 0 radical (unpaired) electrons. The topological polar surface area (TPSA) is 120 Å². The predicted octanol–water partition coefficient (Wildman–Crippen LogP) is -2.01. The summed E-state index contributed by atoms with van der Waals surface area (Å²) < 4.78 is 24.4. The second-order valence-electron chi connectivity index (χ2n) is 6.04. The Morgan fingerprint density at radius 2 is 1.78 bits per heavy atom. The molecule has 0 aromatic heterocycles. The highest BCUT2D eigenvalue weighted by Gasteiger charge is 2.35. The molecule has 1 aliphatic rings. The molecule has 0 atom stereocenters. The number of hydrogen-bond acceptors (Lipinski definition) is 5. The number of nitrogens with one attached hydrogen (secondary N) is 2. The standard InChI is InChI=1S/C13H28N6O3S/c1-13(2,11(14)20)19-9-7-18(8-10-19)12(15-3)16-5-6-17-23(4,21)22/h17H,5-10H2,1-4H3,(H2,14,20)(H,15,16). The highest BCUT2D eigenvalue weighted by Crippen LogP contribution is 2.16. The molecular weight excluding hydrogens is 320 g/mol. The van der Waals surface area contributed by atoms with Crippen LogP contribution >= 0.6 is 0 Å². The third kappa shape index (κ3) is 5.96. The summed E-state index contributed by atoms with van der Waals surface area (Å²) in [6.45, 7) is 7.26. The van der Waals surface area contributed by atoms with Gasteiger partial charge in [0, 0.05) is 46.3 Å². The summed E-state index contributed by atoms with van der Waals surface area (Å²) in [5, 5.41) is 3.13. The predicted molar refractivity (Wildman–Crippen MR) is 90.6 cm³/mol. The fourth-order valence-corrected chi connectivity index (χ4v) is 2.85. The Balaban J connectivity index is 2.47. The van der Waals surface area contributed by atoms with E-state index < -0.39 is 15.6 Å². The molecule has 1 aliphatic heterocycles. The maximum Gasteiger partial charge on any atom is 0.237 e. The first-order valence-electron chi connectivity index (χ1n) is 7.53. The Hall–Kier alpha value is -1.39. The van der Waals surface area contributed by atoms with Crippen LogP contribution in [0.5, 0.6) is 0 Å². The van der Waals surface area contributed by atoms with Crippen LogP contribution < -0.4 is 15.8 Å². The zero-order valence-electron chi connectivity index (χ0n) is 14.3. The molecular formula is C13H28N6O3S. The maximum absolute atomic E-state index is 11.5. The van der Waals surface area contributed by atoms with Crippen LogP contribution in [0, 0.1) is 0 Å². The molecule has 0 aliphatic carbocycles. The lowest BCUT2D eigenvalue weighted by Gasteiger charge is -2.43. The van der Waals surface area contributed by atoms with Gasteiger partial charge in [0.1, 0.15) is 0 Å². The van der Waals surface area contributed by atoms with Gasteiger partial charge in [-0.2, -0.15) is 0 Å². The van der Waals surface area contributed by atoms with E-state index in [2.05, 4.69) is 24.8 Å². The van der Waals surface area contributed by atoms with Crippen molar-refractivity contribution in [3.05, 3.63) is 0 Å². The van der Waals surface area contributed by atoms with E-state index in [0.717, 1.165) is 25.3 Å². The van der Waals surface area contributed by atoms with Gasteiger partial charge in [-0.25, -0.2) is 13.1 Å². The van der Waals surface area contributed by atoms with Crippen LogP contribution in [-0.4, -0.2) is 88.2 Å². The van der Waals surface area contributed by atoms with Crippen molar-refractivity contribution in [2.24, 2.45) is 10.7 Å². The number of carbonyl (C=O) groups excluding carboxylic acids is 1. The van der Waals surface area contributed by atoms with Crippen LogP contribution in [0.4, 0.5) is 0 Å². The number of amides is 1. The molecule has 0 spiro atoms. The molecule has 134 valence electrons. The van der Waals surface area contributed by atoms with Crippen LogP contribution in [-0.2, 0) is 14.8 Å². The Morgan fingerprint density at radius 3 is 2.22 bits per heavy atom. The third-order valence-electron chi connectivity index (χ3n) is 3.96. The van der Waals surface area contributed by atoms with E-state index >= 15 is 0 Å². The number of carbonyl (C=O) groups is 1. The largest absolute Gasteiger partial charge is 0.368 e. The van der Waals surface area contributed by atoms with Gasteiger partial charge in [-0.1, -0.05) is 0 Å². The Kier molecular flexibility index (Phi) is 6.78. The molecule has 1 heterocycles. The lowest BCUT2D eigenvalue weighted by Crippen LogP contribution is -2.61. The Labute approximate surface area is 138 Å². The zero-order chi connectivity index (χ0) is 17.7. The van der Waals surface area contributed by atoms with Gasteiger partial charge in [0.25, 0.3) is 0 Å². The molecule has 0 aromatic carbocycles. The number of sulfonamides is 1. The average Bonchev–Trinajstić information content (AvgIpc) is 2.46. The van der Waals surface area contributed by atoms with Gasteiger partial charge < -0.3 is 16.0 Å². The second-order valence-corrected chi connectivity index (χ2v) is 7.87. The van der Waals surface area contributed by atoms with Gasteiger partial charge in [0.05, 0.1) is 11.8 Å². The third-order valence-corrected chi connectivity index (χ3v) is 4.69. The summed E-state index contributed by atoms with van der Waals surface area (Å²) in [6, 6.07) is 0. The minimum atomic E-state index is -3.18. The van der Waals surface area contributed by atoms with Gasteiger partial charge >= 0.3 is 0 Å². The van der Waals surface area contributed by atoms with E-state index in [-0.39, 0.29) is 5.91 Å².